The Labute approximate surface area is 95.9 Å². The summed E-state index contributed by atoms with van der Waals surface area (Å²) in [5.74, 6) is -0.548. The zero-order valence-corrected chi connectivity index (χ0v) is 10.3. The molecule has 1 aliphatic heterocycles. The van der Waals surface area contributed by atoms with Gasteiger partial charge in [-0.3, -0.25) is 4.79 Å². The Morgan fingerprint density at radius 2 is 2.12 bits per heavy atom. The Morgan fingerprint density at radius 3 is 2.50 bits per heavy atom. The summed E-state index contributed by atoms with van der Waals surface area (Å²) >= 11 is 0. The number of carbonyl (C=O) groups is 2. The molecule has 1 rings (SSSR count). The summed E-state index contributed by atoms with van der Waals surface area (Å²) in [6.45, 7) is 7.60. The summed E-state index contributed by atoms with van der Waals surface area (Å²) < 4.78 is 5.22. The molecule has 0 spiro atoms. The van der Waals surface area contributed by atoms with Gasteiger partial charge in [-0.05, 0) is 34.1 Å². The highest BCUT2D eigenvalue weighted by atomic mass is 16.6. The van der Waals surface area contributed by atoms with Crippen LogP contribution in [-0.4, -0.2) is 41.0 Å². The topological polar surface area (TPSA) is 72.6 Å². The molecule has 2 atom stereocenters. The largest absolute Gasteiger partial charge is 0.458 e. The number of amides is 1. The molecular formula is C11H20N2O3. The Kier molecular flexibility index (Phi) is 3.57. The number of ether oxygens (including phenoxy) is 1. The molecule has 0 radical (unpaired) electrons. The molecule has 1 amide bonds. The number of rotatable bonds is 2. The van der Waals surface area contributed by atoms with E-state index >= 15 is 0 Å². The van der Waals surface area contributed by atoms with Crippen molar-refractivity contribution in [2.24, 2.45) is 5.73 Å². The van der Waals surface area contributed by atoms with Crippen LogP contribution >= 0.6 is 0 Å². The first-order chi connectivity index (χ1) is 7.22. The second-order valence-corrected chi connectivity index (χ2v) is 5.14. The van der Waals surface area contributed by atoms with Gasteiger partial charge in [0.15, 0.2) is 0 Å². The number of esters is 1. The number of likely N-dealkylation sites (tertiary alicyclic amines) is 1. The maximum Gasteiger partial charge on any atom is 0.329 e. The van der Waals surface area contributed by atoms with Crippen molar-refractivity contribution in [1.29, 1.82) is 0 Å². The molecule has 1 aliphatic rings. The zero-order chi connectivity index (χ0) is 12.5. The van der Waals surface area contributed by atoms with Crippen molar-refractivity contribution in [3.05, 3.63) is 0 Å². The van der Waals surface area contributed by atoms with Gasteiger partial charge in [-0.15, -0.1) is 0 Å². The van der Waals surface area contributed by atoms with Crippen molar-refractivity contribution in [3.63, 3.8) is 0 Å². The van der Waals surface area contributed by atoms with Crippen molar-refractivity contribution in [3.8, 4) is 0 Å². The SMILES string of the molecule is C[C@H](C(=O)OC(C)(C)C)N1CC[C@H](N)C1=O. The summed E-state index contributed by atoms with van der Waals surface area (Å²) in [5, 5.41) is 0. The van der Waals surface area contributed by atoms with Crippen LogP contribution in [0.3, 0.4) is 0 Å². The van der Waals surface area contributed by atoms with Crippen LogP contribution < -0.4 is 5.73 Å². The third-order valence-electron chi connectivity index (χ3n) is 2.50. The van der Waals surface area contributed by atoms with Gasteiger partial charge >= 0.3 is 5.97 Å². The molecule has 0 saturated carbocycles. The second kappa shape index (κ2) is 4.41. The molecule has 1 saturated heterocycles. The van der Waals surface area contributed by atoms with Gasteiger partial charge in [0.05, 0.1) is 6.04 Å². The van der Waals surface area contributed by atoms with Crippen molar-refractivity contribution < 1.29 is 14.3 Å². The zero-order valence-electron chi connectivity index (χ0n) is 10.3. The molecule has 1 fully saturated rings. The van der Waals surface area contributed by atoms with Crippen LogP contribution in [0.25, 0.3) is 0 Å². The quantitative estimate of drug-likeness (QED) is 0.689. The molecule has 5 heteroatoms. The number of nitrogens with two attached hydrogens (primary N) is 1. The fourth-order valence-corrected chi connectivity index (χ4v) is 1.62. The monoisotopic (exact) mass is 228 g/mol. The van der Waals surface area contributed by atoms with Gasteiger partial charge in [0.2, 0.25) is 5.91 Å². The lowest BCUT2D eigenvalue weighted by atomic mass is 10.2. The van der Waals surface area contributed by atoms with Crippen LogP contribution in [0.2, 0.25) is 0 Å². The van der Waals surface area contributed by atoms with E-state index in [1.807, 2.05) is 0 Å². The van der Waals surface area contributed by atoms with E-state index in [1.54, 1.807) is 27.7 Å². The Balaban J connectivity index is 2.61. The minimum absolute atomic E-state index is 0.168. The number of hydrogen-bond donors (Lipinski definition) is 1. The molecule has 0 aromatic rings. The van der Waals surface area contributed by atoms with E-state index in [0.29, 0.717) is 13.0 Å². The smallest absolute Gasteiger partial charge is 0.329 e. The van der Waals surface area contributed by atoms with Gasteiger partial charge in [0, 0.05) is 6.54 Å². The van der Waals surface area contributed by atoms with Crippen LogP contribution in [0.15, 0.2) is 0 Å². The number of nitrogens with zero attached hydrogens (tertiary/aromatic N) is 1. The van der Waals surface area contributed by atoms with Gasteiger partial charge in [-0.2, -0.15) is 0 Å². The van der Waals surface area contributed by atoms with Gasteiger partial charge in [-0.1, -0.05) is 0 Å². The van der Waals surface area contributed by atoms with E-state index < -0.39 is 17.7 Å². The summed E-state index contributed by atoms with van der Waals surface area (Å²) in [6, 6.07) is -1.02. The van der Waals surface area contributed by atoms with Crippen molar-refractivity contribution in [2.75, 3.05) is 6.54 Å². The standard InChI is InChI=1S/C11H20N2O3/c1-7(10(15)16-11(2,3)4)13-6-5-8(12)9(13)14/h7-8H,5-6,12H2,1-4H3/t7-,8+/m1/s1. The van der Waals surface area contributed by atoms with E-state index in [0.717, 1.165) is 0 Å². The number of carbonyl (C=O) groups excluding carboxylic acids is 2. The van der Waals surface area contributed by atoms with Gasteiger partial charge in [-0.25, -0.2) is 4.79 Å². The number of hydrogen-bond acceptors (Lipinski definition) is 4. The van der Waals surface area contributed by atoms with Crippen molar-refractivity contribution in [2.45, 2.75) is 51.8 Å². The summed E-state index contributed by atoms with van der Waals surface area (Å²) in [6.07, 6.45) is 0.603. The molecule has 16 heavy (non-hydrogen) atoms. The maximum absolute atomic E-state index is 11.7. The van der Waals surface area contributed by atoms with E-state index in [4.69, 9.17) is 10.5 Å². The highest BCUT2D eigenvalue weighted by molar-refractivity contribution is 5.88. The third kappa shape index (κ3) is 2.95. The summed E-state index contributed by atoms with van der Waals surface area (Å²) in [7, 11) is 0. The highest BCUT2D eigenvalue weighted by Crippen LogP contribution is 2.16. The van der Waals surface area contributed by atoms with E-state index in [2.05, 4.69) is 0 Å². The van der Waals surface area contributed by atoms with E-state index in [1.165, 1.54) is 4.90 Å². The molecule has 92 valence electrons. The molecular weight excluding hydrogens is 208 g/mol. The first-order valence-corrected chi connectivity index (χ1v) is 5.51. The predicted molar refractivity (Wildman–Crippen MR) is 59.6 cm³/mol. The average molecular weight is 228 g/mol. The van der Waals surface area contributed by atoms with Gasteiger partial charge < -0.3 is 15.4 Å². The Hall–Kier alpha value is -1.10. The lowest BCUT2D eigenvalue weighted by Crippen LogP contribution is -2.45. The highest BCUT2D eigenvalue weighted by Gasteiger charge is 2.36. The molecule has 0 aliphatic carbocycles. The summed E-state index contributed by atoms with van der Waals surface area (Å²) in [4.78, 5) is 24.8. The molecule has 0 bridgehead atoms. The van der Waals surface area contributed by atoms with E-state index in [-0.39, 0.29) is 11.9 Å². The van der Waals surface area contributed by atoms with Crippen LogP contribution in [-0.2, 0) is 14.3 Å². The predicted octanol–water partition coefficient (Wildman–Crippen LogP) is 0.276. The molecule has 5 nitrogen and oxygen atoms in total. The minimum Gasteiger partial charge on any atom is -0.458 e. The van der Waals surface area contributed by atoms with Crippen LogP contribution in [0.4, 0.5) is 0 Å². The first kappa shape index (κ1) is 13.0. The first-order valence-electron chi connectivity index (χ1n) is 5.51. The molecule has 1 heterocycles. The molecule has 0 aromatic heterocycles. The fourth-order valence-electron chi connectivity index (χ4n) is 1.62. The van der Waals surface area contributed by atoms with E-state index in [9.17, 15) is 9.59 Å². The molecule has 2 N–H and O–H groups in total. The average Bonchev–Trinajstić information content (AvgIpc) is 2.44. The third-order valence-corrected chi connectivity index (χ3v) is 2.50. The lowest BCUT2D eigenvalue weighted by molar-refractivity contribution is -0.163. The molecule has 0 unspecified atom stereocenters. The van der Waals surface area contributed by atoms with Gasteiger partial charge in [0.1, 0.15) is 11.6 Å². The second-order valence-electron chi connectivity index (χ2n) is 5.14. The normalized spacial score (nSPS) is 23.4. The Bertz CT molecular complexity index is 296. The Morgan fingerprint density at radius 1 is 1.56 bits per heavy atom. The van der Waals surface area contributed by atoms with Crippen molar-refractivity contribution >= 4 is 11.9 Å². The van der Waals surface area contributed by atoms with Crippen LogP contribution in [0, 0.1) is 0 Å². The fraction of sp³-hybridized carbons (Fsp3) is 0.818. The van der Waals surface area contributed by atoms with Gasteiger partial charge in [0.25, 0.3) is 0 Å². The maximum atomic E-state index is 11.7. The molecule has 0 aromatic carbocycles. The van der Waals surface area contributed by atoms with Crippen LogP contribution in [0.1, 0.15) is 34.1 Å². The minimum atomic E-state index is -0.555. The van der Waals surface area contributed by atoms with Crippen molar-refractivity contribution in [1.82, 2.24) is 4.90 Å². The lowest BCUT2D eigenvalue weighted by Gasteiger charge is -2.27. The summed E-state index contributed by atoms with van der Waals surface area (Å²) in [5.41, 5.74) is 5.06. The van der Waals surface area contributed by atoms with Crippen LogP contribution in [0.5, 0.6) is 0 Å².